The summed E-state index contributed by atoms with van der Waals surface area (Å²) in [5.74, 6) is -0.385. The van der Waals surface area contributed by atoms with Gasteiger partial charge in [0.25, 0.3) is 0 Å². The summed E-state index contributed by atoms with van der Waals surface area (Å²) < 4.78 is 1.72. The van der Waals surface area contributed by atoms with E-state index in [2.05, 4.69) is 9.97 Å². The number of carboxylic acid groups (broad SMARTS) is 1. The van der Waals surface area contributed by atoms with Gasteiger partial charge < -0.3 is 14.6 Å². The molecular formula is C11H14N4O2. The minimum atomic E-state index is -0.894. The van der Waals surface area contributed by atoms with Gasteiger partial charge in [0.2, 0.25) is 0 Å². The van der Waals surface area contributed by atoms with Crippen LogP contribution in [-0.2, 0) is 18.3 Å². The van der Waals surface area contributed by atoms with Gasteiger partial charge in [-0.3, -0.25) is 4.79 Å². The van der Waals surface area contributed by atoms with Gasteiger partial charge in [0, 0.05) is 27.3 Å². The van der Waals surface area contributed by atoms with Crippen LogP contribution in [-0.4, -0.2) is 39.7 Å². The van der Waals surface area contributed by atoms with Crippen molar-refractivity contribution in [3.63, 3.8) is 0 Å². The number of aliphatic carboxylic acids is 1. The molecule has 0 radical (unpaired) electrons. The fourth-order valence-corrected chi connectivity index (χ4v) is 1.77. The van der Waals surface area contributed by atoms with Gasteiger partial charge in [0.1, 0.15) is 17.8 Å². The number of hydrogen-bond donors (Lipinski definition) is 1. The molecule has 1 N–H and O–H groups in total. The topological polar surface area (TPSA) is 71.2 Å². The van der Waals surface area contributed by atoms with Crippen molar-refractivity contribution in [3.8, 4) is 0 Å². The van der Waals surface area contributed by atoms with Crippen LogP contribution < -0.4 is 4.90 Å². The highest BCUT2D eigenvalue weighted by molar-refractivity contribution is 5.86. The van der Waals surface area contributed by atoms with E-state index in [0.29, 0.717) is 11.5 Å². The van der Waals surface area contributed by atoms with E-state index >= 15 is 0 Å². The van der Waals surface area contributed by atoms with Crippen LogP contribution in [0.5, 0.6) is 0 Å². The third-order valence-electron chi connectivity index (χ3n) is 2.62. The number of aryl methyl sites for hydroxylation is 1. The van der Waals surface area contributed by atoms with E-state index in [0.717, 1.165) is 11.2 Å². The summed E-state index contributed by atoms with van der Waals surface area (Å²) in [6.45, 7) is 0. The Morgan fingerprint density at radius 2 is 2.24 bits per heavy atom. The number of pyridine rings is 1. The van der Waals surface area contributed by atoms with Gasteiger partial charge in [-0.15, -0.1) is 0 Å². The molecule has 0 aliphatic heterocycles. The Hall–Kier alpha value is -2.11. The van der Waals surface area contributed by atoms with Crippen LogP contribution in [0.15, 0.2) is 12.3 Å². The van der Waals surface area contributed by atoms with Gasteiger partial charge >= 0.3 is 5.97 Å². The van der Waals surface area contributed by atoms with Crippen LogP contribution in [0, 0.1) is 0 Å². The number of hydrogen-bond acceptors (Lipinski definition) is 4. The smallest absolute Gasteiger partial charge is 0.311 e. The first-order chi connectivity index (χ1) is 8.00. The Balaban J connectivity index is 2.64. The summed E-state index contributed by atoms with van der Waals surface area (Å²) in [6.07, 6.45) is 1.60. The molecule has 0 amide bonds. The zero-order valence-electron chi connectivity index (χ0n) is 10.0. The van der Waals surface area contributed by atoms with Gasteiger partial charge in [0.05, 0.1) is 5.69 Å². The van der Waals surface area contributed by atoms with Crippen molar-refractivity contribution in [1.29, 1.82) is 0 Å². The number of fused-ring (bicyclic) bond motifs is 1. The maximum atomic E-state index is 10.7. The van der Waals surface area contributed by atoms with Crippen molar-refractivity contribution in [3.05, 3.63) is 18.1 Å². The predicted molar refractivity (Wildman–Crippen MR) is 64.2 cm³/mol. The summed E-state index contributed by atoms with van der Waals surface area (Å²) in [5, 5.41) is 8.81. The fourth-order valence-electron chi connectivity index (χ4n) is 1.77. The Morgan fingerprint density at radius 3 is 2.82 bits per heavy atom. The molecule has 0 saturated heterocycles. The first-order valence-electron chi connectivity index (χ1n) is 5.20. The lowest BCUT2D eigenvalue weighted by Gasteiger charge is -2.11. The summed E-state index contributed by atoms with van der Waals surface area (Å²) in [7, 11) is 5.61. The Morgan fingerprint density at radius 1 is 1.53 bits per heavy atom. The molecule has 90 valence electrons. The fraction of sp³-hybridized carbons (Fsp3) is 0.364. The van der Waals surface area contributed by atoms with Crippen LogP contribution in [0.2, 0.25) is 0 Å². The second-order valence-electron chi connectivity index (χ2n) is 4.05. The van der Waals surface area contributed by atoms with Gasteiger partial charge in [-0.25, -0.2) is 9.97 Å². The molecule has 0 fully saturated rings. The van der Waals surface area contributed by atoms with Crippen LogP contribution in [0.4, 0.5) is 5.69 Å². The van der Waals surface area contributed by atoms with E-state index < -0.39 is 5.97 Å². The lowest BCUT2D eigenvalue weighted by atomic mass is 10.3. The molecule has 2 heterocycles. The van der Waals surface area contributed by atoms with Crippen LogP contribution >= 0.6 is 0 Å². The highest BCUT2D eigenvalue weighted by atomic mass is 16.4. The lowest BCUT2D eigenvalue weighted by Crippen LogP contribution is -2.09. The molecule has 2 rings (SSSR count). The quantitative estimate of drug-likeness (QED) is 0.844. The van der Waals surface area contributed by atoms with Crippen LogP contribution in [0.1, 0.15) is 5.82 Å². The van der Waals surface area contributed by atoms with Crippen LogP contribution in [0.3, 0.4) is 0 Å². The van der Waals surface area contributed by atoms with Gasteiger partial charge in [-0.05, 0) is 6.07 Å². The molecule has 6 nitrogen and oxygen atoms in total. The van der Waals surface area contributed by atoms with E-state index in [1.807, 2.05) is 25.1 Å². The van der Waals surface area contributed by atoms with Gasteiger partial charge in [0.15, 0.2) is 5.65 Å². The number of rotatable bonds is 3. The minimum absolute atomic E-state index is 0.0975. The Bertz CT molecular complexity index is 574. The summed E-state index contributed by atoms with van der Waals surface area (Å²) in [4.78, 5) is 21.2. The number of anilines is 1. The number of carbonyl (C=O) groups is 1. The highest BCUT2D eigenvalue weighted by Gasteiger charge is 2.15. The minimum Gasteiger partial charge on any atom is -0.481 e. The Kier molecular flexibility index (Phi) is 2.71. The number of aromatic nitrogens is 3. The molecule has 0 bridgehead atoms. The zero-order chi connectivity index (χ0) is 12.6. The first kappa shape index (κ1) is 11.4. The molecule has 2 aromatic heterocycles. The maximum absolute atomic E-state index is 10.7. The normalized spacial score (nSPS) is 10.8. The Labute approximate surface area is 98.5 Å². The third-order valence-corrected chi connectivity index (χ3v) is 2.62. The van der Waals surface area contributed by atoms with Crippen molar-refractivity contribution >= 4 is 22.8 Å². The summed E-state index contributed by atoms with van der Waals surface area (Å²) >= 11 is 0. The average molecular weight is 234 g/mol. The van der Waals surface area contributed by atoms with Crippen molar-refractivity contribution in [1.82, 2.24) is 14.5 Å². The second kappa shape index (κ2) is 4.04. The monoisotopic (exact) mass is 234 g/mol. The van der Waals surface area contributed by atoms with Crippen molar-refractivity contribution in [2.45, 2.75) is 6.42 Å². The molecule has 2 aromatic rings. The molecule has 0 unspecified atom stereocenters. The lowest BCUT2D eigenvalue weighted by molar-refractivity contribution is -0.136. The molecule has 0 aliphatic carbocycles. The van der Waals surface area contributed by atoms with E-state index in [1.165, 1.54) is 0 Å². The van der Waals surface area contributed by atoms with Crippen LogP contribution in [0.25, 0.3) is 11.2 Å². The summed E-state index contributed by atoms with van der Waals surface area (Å²) in [6, 6.07) is 1.86. The second-order valence-corrected chi connectivity index (χ2v) is 4.05. The number of imidazole rings is 1. The molecule has 0 aromatic carbocycles. The van der Waals surface area contributed by atoms with Crippen molar-refractivity contribution in [2.24, 2.45) is 7.05 Å². The molecule has 0 saturated carbocycles. The standard InChI is InChI=1S/C11H14N4O2/c1-14(2)7-4-5-12-11-10(7)13-8(15(11)3)6-9(16)17/h4-5H,6H2,1-3H3,(H,16,17). The average Bonchev–Trinajstić information content (AvgIpc) is 2.55. The summed E-state index contributed by atoms with van der Waals surface area (Å²) in [5.41, 5.74) is 2.37. The predicted octanol–water partition coefficient (Wildman–Crippen LogP) is 0.661. The number of nitrogens with zero attached hydrogens (tertiary/aromatic N) is 4. The van der Waals surface area contributed by atoms with E-state index in [1.54, 1.807) is 17.8 Å². The first-order valence-corrected chi connectivity index (χ1v) is 5.20. The molecule has 17 heavy (non-hydrogen) atoms. The zero-order valence-corrected chi connectivity index (χ0v) is 10.0. The maximum Gasteiger partial charge on any atom is 0.311 e. The number of carboxylic acids is 1. The molecule has 0 spiro atoms. The van der Waals surface area contributed by atoms with Gasteiger partial charge in [-0.2, -0.15) is 0 Å². The molecule has 0 atom stereocenters. The van der Waals surface area contributed by atoms with E-state index in [4.69, 9.17) is 5.11 Å². The van der Waals surface area contributed by atoms with E-state index in [-0.39, 0.29) is 6.42 Å². The molecule has 6 heteroatoms. The highest BCUT2D eigenvalue weighted by Crippen LogP contribution is 2.23. The largest absolute Gasteiger partial charge is 0.481 e. The van der Waals surface area contributed by atoms with E-state index in [9.17, 15) is 4.79 Å². The molecular weight excluding hydrogens is 220 g/mol. The third kappa shape index (κ3) is 1.93. The van der Waals surface area contributed by atoms with Crippen molar-refractivity contribution < 1.29 is 9.90 Å². The van der Waals surface area contributed by atoms with Crippen molar-refractivity contribution in [2.75, 3.05) is 19.0 Å². The van der Waals surface area contributed by atoms with Gasteiger partial charge in [-0.1, -0.05) is 0 Å². The molecule has 0 aliphatic rings. The SMILES string of the molecule is CN(C)c1ccnc2c1nc(CC(=O)O)n2C.